The molecular formula is C26H30N6O3. The Hall–Kier alpha value is -3.85. The Bertz CT molecular complexity index is 1210. The van der Waals surface area contributed by atoms with E-state index in [1.54, 1.807) is 14.2 Å². The van der Waals surface area contributed by atoms with Crippen molar-refractivity contribution in [2.24, 2.45) is 4.99 Å². The molecule has 0 bridgehead atoms. The van der Waals surface area contributed by atoms with E-state index in [-0.39, 0.29) is 0 Å². The second kappa shape index (κ2) is 9.79. The summed E-state index contributed by atoms with van der Waals surface area (Å²) in [6, 6.07) is 15.8. The minimum absolute atomic E-state index is 0.626. The van der Waals surface area contributed by atoms with Crippen LogP contribution in [0.2, 0.25) is 0 Å². The van der Waals surface area contributed by atoms with Crippen LogP contribution in [-0.4, -0.2) is 70.4 Å². The number of ether oxygens (including phenoxy) is 3. The van der Waals surface area contributed by atoms with Gasteiger partial charge in [0.25, 0.3) is 0 Å². The van der Waals surface area contributed by atoms with E-state index < -0.39 is 0 Å². The number of rotatable bonds is 6. The van der Waals surface area contributed by atoms with Crippen molar-refractivity contribution in [3.8, 4) is 11.5 Å². The molecule has 9 nitrogen and oxygen atoms in total. The Morgan fingerprint density at radius 1 is 0.800 bits per heavy atom. The minimum atomic E-state index is 0.626. The lowest BCUT2D eigenvalue weighted by molar-refractivity contribution is 0.122. The molecule has 0 unspecified atom stereocenters. The molecule has 182 valence electrons. The van der Waals surface area contributed by atoms with E-state index in [9.17, 15) is 0 Å². The molecule has 1 aromatic heterocycles. The van der Waals surface area contributed by atoms with Gasteiger partial charge in [-0.15, -0.1) is 0 Å². The van der Waals surface area contributed by atoms with Gasteiger partial charge in [-0.3, -0.25) is 0 Å². The largest absolute Gasteiger partial charge is 0.497 e. The summed E-state index contributed by atoms with van der Waals surface area (Å²) in [6.07, 6.45) is 0.626. The number of hydrogen-bond donors (Lipinski definition) is 0. The second-order valence-electron chi connectivity index (χ2n) is 8.46. The lowest BCUT2D eigenvalue weighted by atomic mass is 10.2. The Kier molecular flexibility index (Phi) is 6.41. The monoisotopic (exact) mass is 474 g/mol. The van der Waals surface area contributed by atoms with E-state index in [0.29, 0.717) is 25.6 Å². The first-order valence-corrected chi connectivity index (χ1v) is 11.6. The van der Waals surface area contributed by atoms with Crippen LogP contribution in [0.1, 0.15) is 5.69 Å². The molecule has 9 heteroatoms. The fourth-order valence-electron chi connectivity index (χ4n) is 4.25. The number of anilines is 4. The SMILES string of the molecule is COc1ccc(N(C)C2=Nc3c(nc(N(C)c4ccc(OC)cc4)nc3N3CCOCC3)C2)cc1. The molecule has 35 heavy (non-hydrogen) atoms. The van der Waals surface area contributed by atoms with Gasteiger partial charge < -0.3 is 28.9 Å². The minimum Gasteiger partial charge on any atom is -0.497 e. The molecular weight excluding hydrogens is 444 g/mol. The molecule has 0 N–H and O–H groups in total. The van der Waals surface area contributed by atoms with Gasteiger partial charge in [-0.2, -0.15) is 4.98 Å². The van der Waals surface area contributed by atoms with Crippen LogP contribution in [0, 0.1) is 0 Å². The Morgan fingerprint density at radius 2 is 1.37 bits per heavy atom. The van der Waals surface area contributed by atoms with Crippen LogP contribution in [0.5, 0.6) is 11.5 Å². The molecule has 0 radical (unpaired) electrons. The van der Waals surface area contributed by atoms with Crippen molar-refractivity contribution in [2.45, 2.75) is 6.42 Å². The van der Waals surface area contributed by atoms with E-state index in [1.165, 1.54) is 0 Å². The van der Waals surface area contributed by atoms with E-state index in [4.69, 9.17) is 29.2 Å². The molecule has 1 fully saturated rings. The maximum Gasteiger partial charge on any atom is 0.232 e. The number of morpholine rings is 1. The third kappa shape index (κ3) is 4.59. The summed E-state index contributed by atoms with van der Waals surface area (Å²) < 4.78 is 16.2. The fraction of sp³-hybridized carbons (Fsp3) is 0.346. The van der Waals surface area contributed by atoms with Gasteiger partial charge in [0, 0.05) is 38.6 Å². The van der Waals surface area contributed by atoms with Crippen LogP contribution in [0.25, 0.3) is 0 Å². The number of methoxy groups -OCH3 is 2. The van der Waals surface area contributed by atoms with Crippen LogP contribution in [0.3, 0.4) is 0 Å². The number of amidine groups is 1. The number of likely N-dealkylation sites (N-methyl/N-ethyl adjacent to an activating group) is 1. The number of fused-ring (bicyclic) bond motifs is 1. The van der Waals surface area contributed by atoms with E-state index in [1.807, 2.05) is 67.5 Å². The first kappa shape index (κ1) is 22.9. The molecule has 0 atom stereocenters. The summed E-state index contributed by atoms with van der Waals surface area (Å²) in [5.74, 6) is 4.06. The average molecular weight is 475 g/mol. The van der Waals surface area contributed by atoms with Crippen molar-refractivity contribution in [3.63, 3.8) is 0 Å². The van der Waals surface area contributed by atoms with Gasteiger partial charge in [-0.25, -0.2) is 9.98 Å². The lowest BCUT2D eigenvalue weighted by Gasteiger charge is -2.29. The predicted molar refractivity (Wildman–Crippen MR) is 138 cm³/mol. The van der Waals surface area contributed by atoms with Crippen molar-refractivity contribution < 1.29 is 14.2 Å². The van der Waals surface area contributed by atoms with Crippen molar-refractivity contribution in [1.29, 1.82) is 0 Å². The Balaban J connectivity index is 1.49. The number of hydrogen-bond acceptors (Lipinski definition) is 9. The first-order valence-electron chi connectivity index (χ1n) is 11.6. The summed E-state index contributed by atoms with van der Waals surface area (Å²) in [5.41, 5.74) is 3.78. The summed E-state index contributed by atoms with van der Waals surface area (Å²) in [6.45, 7) is 2.89. The summed E-state index contributed by atoms with van der Waals surface area (Å²) >= 11 is 0. The lowest BCUT2D eigenvalue weighted by Crippen LogP contribution is -2.37. The van der Waals surface area contributed by atoms with Crippen molar-refractivity contribution in [2.75, 3.05) is 69.3 Å². The quantitative estimate of drug-likeness (QED) is 0.534. The molecule has 0 amide bonds. The molecule has 0 aliphatic carbocycles. The highest BCUT2D eigenvalue weighted by Crippen LogP contribution is 2.38. The third-order valence-electron chi connectivity index (χ3n) is 6.41. The van der Waals surface area contributed by atoms with Gasteiger partial charge in [0.2, 0.25) is 5.95 Å². The molecule has 2 aromatic carbocycles. The highest BCUT2D eigenvalue weighted by atomic mass is 16.5. The van der Waals surface area contributed by atoms with Gasteiger partial charge in [0.15, 0.2) is 5.82 Å². The summed E-state index contributed by atoms with van der Waals surface area (Å²) in [5, 5.41) is 0. The first-order chi connectivity index (χ1) is 17.1. The van der Waals surface area contributed by atoms with Gasteiger partial charge in [0.05, 0.1) is 39.5 Å². The zero-order valence-corrected chi connectivity index (χ0v) is 20.6. The topological polar surface area (TPSA) is 75.5 Å². The fourth-order valence-corrected chi connectivity index (χ4v) is 4.25. The molecule has 5 rings (SSSR count). The van der Waals surface area contributed by atoms with Crippen LogP contribution in [0.4, 0.5) is 28.8 Å². The Morgan fingerprint density at radius 3 is 1.94 bits per heavy atom. The van der Waals surface area contributed by atoms with Crippen molar-refractivity contribution >= 4 is 34.7 Å². The number of aliphatic imine (C=N–C) groups is 1. The van der Waals surface area contributed by atoms with Crippen LogP contribution in [0.15, 0.2) is 53.5 Å². The zero-order valence-electron chi connectivity index (χ0n) is 20.6. The Labute approximate surface area is 205 Å². The molecule has 0 saturated carbocycles. The normalized spacial score (nSPS) is 14.9. The number of benzene rings is 2. The van der Waals surface area contributed by atoms with Gasteiger partial charge in [-0.05, 0) is 48.5 Å². The molecule has 2 aliphatic rings. The predicted octanol–water partition coefficient (Wildman–Crippen LogP) is 3.82. The van der Waals surface area contributed by atoms with E-state index in [0.717, 1.165) is 59.0 Å². The smallest absolute Gasteiger partial charge is 0.232 e. The van der Waals surface area contributed by atoms with E-state index >= 15 is 0 Å². The average Bonchev–Trinajstić information content (AvgIpc) is 3.36. The summed E-state index contributed by atoms with van der Waals surface area (Å²) in [7, 11) is 7.34. The highest BCUT2D eigenvalue weighted by Gasteiger charge is 2.29. The van der Waals surface area contributed by atoms with Crippen LogP contribution < -0.4 is 24.2 Å². The number of nitrogens with zero attached hydrogens (tertiary/aromatic N) is 6. The molecule has 0 spiro atoms. The van der Waals surface area contributed by atoms with Crippen molar-refractivity contribution in [1.82, 2.24) is 9.97 Å². The van der Waals surface area contributed by atoms with E-state index in [2.05, 4.69) is 9.80 Å². The molecule has 3 aromatic rings. The van der Waals surface area contributed by atoms with Gasteiger partial charge in [-0.1, -0.05) is 0 Å². The maximum atomic E-state index is 5.58. The zero-order chi connectivity index (χ0) is 24.4. The van der Waals surface area contributed by atoms with Crippen molar-refractivity contribution in [3.05, 3.63) is 54.2 Å². The maximum absolute atomic E-state index is 5.58. The number of aromatic nitrogens is 2. The highest BCUT2D eigenvalue weighted by molar-refractivity contribution is 6.04. The third-order valence-corrected chi connectivity index (χ3v) is 6.41. The summed E-state index contributed by atoms with van der Waals surface area (Å²) in [4.78, 5) is 21.3. The standard InChI is InChI=1S/C26H30N6O3/c1-30(18-5-9-20(33-3)10-6-18)23-17-22-24(28-23)25(32-13-15-35-16-14-32)29-26(27-22)31(2)19-7-11-21(34-4)12-8-19/h5-12H,13-17H2,1-4H3. The molecule has 2 aliphatic heterocycles. The van der Waals surface area contributed by atoms with Crippen LogP contribution >= 0.6 is 0 Å². The molecule has 1 saturated heterocycles. The van der Waals surface area contributed by atoms with Gasteiger partial charge in [0.1, 0.15) is 23.0 Å². The van der Waals surface area contributed by atoms with Gasteiger partial charge >= 0.3 is 0 Å². The second-order valence-corrected chi connectivity index (χ2v) is 8.46. The molecule has 3 heterocycles. The van der Waals surface area contributed by atoms with Crippen LogP contribution in [-0.2, 0) is 11.2 Å².